The zero-order chi connectivity index (χ0) is 12.7. The Bertz CT molecular complexity index is 246. The van der Waals surface area contributed by atoms with E-state index in [1.807, 2.05) is 13.8 Å². The first-order valence-corrected chi connectivity index (χ1v) is 6.22. The van der Waals surface area contributed by atoms with E-state index in [0.29, 0.717) is 11.5 Å². The predicted octanol–water partition coefficient (Wildman–Crippen LogP) is 0.0867. The fraction of sp³-hybridized carbons (Fsp3) is 0.800. The second kappa shape index (κ2) is 7.51. The smallest absolute Gasteiger partial charge is 0.323 e. The molecule has 0 fully saturated rings. The number of nitrogens with two attached hydrogens (primary N) is 1. The largest absolute Gasteiger partial charge is 0.468 e. The van der Waals surface area contributed by atoms with Crippen LogP contribution in [0.5, 0.6) is 0 Å². The maximum atomic E-state index is 11.6. The van der Waals surface area contributed by atoms with Gasteiger partial charge in [-0.1, -0.05) is 0 Å². The van der Waals surface area contributed by atoms with Crippen molar-refractivity contribution in [3.05, 3.63) is 0 Å². The van der Waals surface area contributed by atoms with Crippen LogP contribution in [0, 0.1) is 0 Å². The summed E-state index contributed by atoms with van der Waals surface area (Å²) in [5.74, 6) is 0.318. The number of hydrogen-bond acceptors (Lipinski definition) is 5. The van der Waals surface area contributed by atoms with E-state index >= 15 is 0 Å². The van der Waals surface area contributed by atoms with E-state index in [9.17, 15) is 9.59 Å². The van der Waals surface area contributed by atoms with Gasteiger partial charge >= 0.3 is 5.97 Å². The van der Waals surface area contributed by atoms with Gasteiger partial charge in [0.2, 0.25) is 5.91 Å². The molecule has 0 heterocycles. The van der Waals surface area contributed by atoms with Crippen LogP contribution in [0.2, 0.25) is 0 Å². The third-order valence-corrected chi connectivity index (χ3v) is 3.24. The van der Waals surface area contributed by atoms with Crippen molar-refractivity contribution in [3.63, 3.8) is 0 Å². The molecule has 0 saturated carbocycles. The lowest BCUT2D eigenvalue weighted by molar-refractivity contribution is -0.141. The van der Waals surface area contributed by atoms with Gasteiger partial charge in [0.05, 0.1) is 12.9 Å². The van der Waals surface area contributed by atoms with Gasteiger partial charge in [0.25, 0.3) is 0 Å². The van der Waals surface area contributed by atoms with Crippen LogP contribution in [0.3, 0.4) is 0 Å². The Morgan fingerprint density at radius 2 is 2.00 bits per heavy atom. The first-order chi connectivity index (χ1) is 7.40. The average molecular weight is 248 g/mol. The summed E-state index contributed by atoms with van der Waals surface area (Å²) in [7, 11) is 3.05. The molecule has 0 spiro atoms. The zero-order valence-electron chi connectivity index (χ0n) is 10.2. The highest BCUT2D eigenvalue weighted by Gasteiger charge is 2.16. The van der Waals surface area contributed by atoms with E-state index in [1.54, 1.807) is 11.9 Å². The monoisotopic (exact) mass is 248 g/mol. The van der Waals surface area contributed by atoms with Gasteiger partial charge < -0.3 is 15.4 Å². The molecular weight excluding hydrogens is 228 g/mol. The Morgan fingerprint density at radius 1 is 1.44 bits per heavy atom. The zero-order valence-corrected chi connectivity index (χ0v) is 11.0. The Morgan fingerprint density at radius 3 is 2.44 bits per heavy atom. The highest BCUT2D eigenvalue weighted by atomic mass is 32.2. The minimum Gasteiger partial charge on any atom is -0.468 e. The minimum absolute atomic E-state index is 0.0389. The van der Waals surface area contributed by atoms with Crippen LogP contribution < -0.4 is 5.73 Å². The molecule has 0 radical (unpaired) electrons. The summed E-state index contributed by atoms with van der Waals surface area (Å²) < 4.78 is 4.48. The molecule has 1 atom stereocenters. The summed E-state index contributed by atoms with van der Waals surface area (Å²) in [4.78, 5) is 24.2. The van der Waals surface area contributed by atoms with Gasteiger partial charge in [0.15, 0.2) is 0 Å². The summed E-state index contributed by atoms with van der Waals surface area (Å²) in [6, 6.07) is -0.477. The quantitative estimate of drug-likeness (QED) is 0.674. The molecule has 1 unspecified atom stereocenters. The second-order valence-corrected chi connectivity index (χ2v) is 4.77. The first kappa shape index (κ1) is 15.2. The SMILES string of the molecule is COC(=O)C(N)CSCC(=O)N(C)C(C)C. The molecule has 0 aliphatic rings. The molecule has 0 aliphatic carbocycles. The van der Waals surface area contributed by atoms with Gasteiger partial charge in [-0.25, -0.2) is 0 Å². The van der Waals surface area contributed by atoms with Gasteiger partial charge in [-0.2, -0.15) is 0 Å². The van der Waals surface area contributed by atoms with Crippen LogP contribution in [-0.4, -0.2) is 54.5 Å². The number of esters is 1. The second-order valence-electron chi connectivity index (χ2n) is 3.74. The van der Waals surface area contributed by atoms with Crippen LogP contribution in [0.25, 0.3) is 0 Å². The van der Waals surface area contributed by atoms with Gasteiger partial charge in [0, 0.05) is 18.8 Å². The number of hydrogen-bond donors (Lipinski definition) is 1. The molecule has 5 nitrogen and oxygen atoms in total. The molecule has 94 valence electrons. The number of carbonyl (C=O) groups is 2. The van der Waals surface area contributed by atoms with Crippen molar-refractivity contribution in [2.45, 2.75) is 25.9 Å². The van der Waals surface area contributed by atoms with E-state index in [2.05, 4.69) is 4.74 Å². The molecule has 0 aromatic rings. The van der Waals surface area contributed by atoms with Crippen molar-refractivity contribution in [3.8, 4) is 0 Å². The predicted molar refractivity (Wildman–Crippen MR) is 65.2 cm³/mol. The van der Waals surface area contributed by atoms with E-state index in [0.717, 1.165) is 0 Å². The number of amides is 1. The van der Waals surface area contributed by atoms with Gasteiger partial charge in [-0.05, 0) is 13.8 Å². The van der Waals surface area contributed by atoms with Gasteiger partial charge in [-0.15, -0.1) is 11.8 Å². The van der Waals surface area contributed by atoms with Crippen LogP contribution in [0.1, 0.15) is 13.8 Å². The number of methoxy groups -OCH3 is 1. The lowest BCUT2D eigenvalue weighted by Crippen LogP contribution is -2.36. The lowest BCUT2D eigenvalue weighted by Gasteiger charge is -2.21. The first-order valence-electron chi connectivity index (χ1n) is 5.07. The molecule has 0 aromatic carbocycles. The van der Waals surface area contributed by atoms with Crippen molar-refractivity contribution in [2.24, 2.45) is 5.73 Å². The summed E-state index contributed by atoms with van der Waals surface area (Å²) in [5, 5.41) is 0. The van der Waals surface area contributed by atoms with Gasteiger partial charge in [-0.3, -0.25) is 9.59 Å². The van der Waals surface area contributed by atoms with Crippen LogP contribution in [0.15, 0.2) is 0 Å². The van der Waals surface area contributed by atoms with Crippen LogP contribution in [-0.2, 0) is 14.3 Å². The van der Waals surface area contributed by atoms with E-state index in [-0.39, 0.29) is 11.9 Å². The molecule has 0 rings (SSSR count). The van der Waals surface area contributed by atoms with E-state index in [4.69, 9.17) is 5.73 Å². The topological polar surface area (TPSA) is 72.6 Å². The molecule has 0 saturated heterocycles. The molecular formula is C10H20N2O3S. The maximum Gasteiger partial charge on any atom is 0.323 e. The Hall–Kier alpha value is -0.750. The Balaban J connectivity index is 3.82. The molecule has 0 bridgehead atoms. The molecule has 0 aromatic heterocycles. The van der Waals surface area contributed by atoms with Crippen molar-refractivity contribution in [1.82, 2.24) is 4.90 Å². The number of thioether (sulfide) groups is 1. The third kappa shape index (κ3) is 5.37. The third-order valence-electron chi connectivity index (χ3n) is 2.19. The number of nitrogens with zero attached hydrogens (tertiary/aromatic N) is 1. The summed E-state index contributed by atoms with van der Waals surface area (Å²) in [6.07, 6.45) is 0. The normalized spacial score (nSPS) is 12.4. The summed E-state index contributed by atoms with van der Waals surface area (Å²) in [6.45, 7) is 3.89. The van der Waals surface area contributed by atoms with Crippen molar-refractivity contribution >= 4 is 23.6 Å². The summed E-state index contributed by atoms with van der Waals surface area (Å²) >= 11 is 1.34. The van der Waals surface area contributed by atoms with E-state index in [1.165, 1.54) is 18.9 Å². The fourth-order valence-electron chi connectivity index (χ4n) is 0.882. The Kier molecular flexibility index (Phi) is 7.16. The minimum atomic E-state index is -0.660. The maximum absolute atomic E-state index is 11.6. The molecule has 0 aliphatic heterocycles. The Labute approximate surface area is 101 Å². The molecule has 6 heteroatoms. The van der Waals surface area contributed by atoms with Crippen molar-refractivity contribution < 1.29 is 14.3 Å². The van der Waals surface area contributed by atoms with Crippen LogP contribution >= 0.6 is 11.8 Å². The lowest BCUT2D eigenvalue weighted by atomic mass is 10.3. The highest BCUT2D eigenvalue weighted by molar-refractivity contribution is 8.00. The number of rotatable bonds is 6. The standard InChI is InChI=1S/C10H20N2O3S/c1-7(2)12(3)9(13)6-16-5-8(11)10(14)15-4/h7-8H,5-6,11H2,1-4H3. The number of ether oxygens (including phenoxy) is 1. The molecule has 2 N–H and O–H groups in total. The average Bonchev–Trinajstić information content (AvgIpc) is 2.26. The molecule has 16 heavy (non-hydrogen) atoms. The molecule has 1 amide bonds. The van der Waals surface area contributed by atoms with E-state index < -0.39 is 12.0 Å². The highest BCUT2D eigenvalue weighted by Crippen LogP contribution is 2.06. The van der Waals surface area contributed by atoms with Crippen LogP contribution in [0.4, 0.5) is 0 Å². The number of carbonyl (C=O) groups excluding carboxylic acids is 2. The fourth-order valence-corrected chi connectivity index (χ4v) is 1.77. The van der Waals surface area contributed by atoms with Gasteiger partial charge in [0.1, 0.15) is 6.04 Å². The summed E-state index contributed by atoms with van der Waals surface area (Å²) in [5.41, 5.74) is 5.53. The van der Waals surface area contributed by atoms with Crippen molar-refractivity contribution in [1.29, 1.82) is 0 Å². The van der Waals surface area contributed by atoms with Crippen molar-refractivity contribution in [2.75, 3.05) is 25.7 Å².